The summed E-state index contributed by atoms with van der Waals surface area (Å²) in [5.41, 5.74) is 6.64. The van der Waals surface area contributed by atoms with E-state index in [1.165, 1.54) is 12.1 Å². The molecule has 0 bridgehead atoms. The van der Waals surface area contributed by atoms with Crippen molar-refractivity contribution in [1.82, 2.24) is 14.6 Å². The molecule has 1 aromatic carbocycles. The summed E-state index contributed by atoms with van der Waals surface area (Å²) in [5.74, 6) is -3.23. The molecule has 8 nitrogen and oxygen atoms in total. The van der Waals surface area contributed by atoms with Crippen molar-refractivity contribution in [3.8, 4) is 0 Å². The number of nitrogens with one attached hydrogen (secondary N) is 1. The van der Waals surface area contributed by atoms with E-state index < -0.39 is 11.8 Å². The van der Waals surface area contributed by atoms with Crippen LogP contribution in [0.25, 0.3) is 0 Å². The highest BCUT2D eigenvalue weighted by molar-refractivity contribution is 7.97. The molecule has 4 fully saturated rings. The number of benzene rings is 1. The molecule has 232 valence electrons. The number of nitrogens with two attached hydrogens (primary N) is 1. The summed E-state index contributed by atoms with van der Waals surface area (Å²) in [6, 6.07) is 10.9. The summed E-state index contributed by atoms with van der Waals surface area (Å²) < 4.78 is 33.9. The molecule has 4 aliphatic rings. The molecule has 0 radical (unpaired) electrons. The fraction of sp³-hybridized carbons (Fsp3) is 0.581. The SMILES string of the molecule is NC1CC(C(=O)NC2CCC(C(F)(F)c3cc(Cl)nc(N4CCN(Sc5ccc(N6CCCC6=O)cc5)CC4)c3)CC2)C1. The highest BCUT2D eigenvalue weighted by atomic mass is 35.5. The number of pyridine rings is 1. The van der Waals surface area contributed by atoms with E-state index in [1.54, 1.807) is 11.9 Å². The summed E-state index contributed by atoms with van der Waals surface area (Å²) in [6.07, 6.45) is 4.67. The minimum atomic E-state index is -3.04. The number of rotatable bonds is 8. The molecule has 43 heavy (non-hydrogen) atoms. The van der Waals surface area contributed by atoms with E-state index in [0.29, 0.717) is 63.9 Å². The van der Waals surface area contributed by atoms with Gasteiger partial charge in [-0.1, -0.05) is 11.6 Å². The molecule has 2 amide bonds. The lowest BCUT2D eigenvalue weighted by molar-refractivity contribution is -0.129. The van der Waals surface area contributed by atoms with Crippen LogP contribution in [0.4, 0.5) is 20.3 Å². The summed E-state index contributed by atoms with van der Waals surface area (Å²) in [4.78, 5) is 33.8. The maximum atomic E-state index is 15.8. The van der Waals surface area contributed by atoms with E-state index in [0.717, 1.165) is 36.6 Å². The molecule has 6 rings (SSSR count). The fourth-order valence-corrected chi connectivity index (χ4v) is 7.74. The Morgan fingerprint density at radius 2 is 1.72 bits per heavy atom. The Labute approximate surface area is 260 Å². The van der Waals surface area contributed by atoms with Gasteiger partial charge in [-0.3, -0.25) is 9.59 Å². The molecule has 2 aliphatic carbocycles. The predicted molar refractivity (Wildman–Crippen MR) is 165 cm³/mol. The van der Waals surface area contributed by atoms with Gasteiger partial charge in [-0.2, -0.15) is 0 Å². The van der Waals surface area contributed by atoms with Crippen LogP contribution in [0.3, 0.4) is 0 Å². The highest BCUT2D eigenvalue weighted by Crippen LogP contribution is 2.45. The topological polar surface area (TPSA) is 94.8 Å². The Bertz CT molecular complexity index is 1310. The van der Waals surface area contributed by atoms with Crippen molar-refractivity contribution >= 4 is 46.9 Å². The molecule has 2 aromatic rings. The molecular formula is C31H39ClF2N6O2S. The van der Waals surface area contributed by atoms with Gasteiger partial charge in [-0.15, -0.1) is 0 Å². The van der Waals surface area contributed by atoms with Gasteiger partial charge in [0, 0.05) is 79.2 Å². The van der Waals surface area contributed by atoms with Crippen molar-refractivity contribution < 1.29 is 18.4 Å². The largest absolute Gasteiger partial charge is 0.354 e. The van der Waals surface area contributed by atoms with Crippen LogP contribution < -0.4 is 20.9 Å². The number of amides is 2. The van der Waals surface area contributed by atoms with Gasteiger partial charge in [0.25, 0.3) is 5.92 Å². The highest BCUT2D eigenvalue weighted by Gasteiger charge is 2.44. The van der Waals surface area contributed by atoms with Crippen LogP contribution in [-0.2, 0) is 15.5 Å². The van der Waals surface area contributed by atoms with Gasteiger partial charge in [0.05, 0.1) is 0 Å². The molecule has 0 unspecified atom stereocenters. The third kappa shape index (κ3) is 6.95. The zero-order valence-corrected chi connectivity index (χ0v) is 25.8. The number of piperazine rings is 1. The zero-order chi connectivity index (χ0) is 30.1. The molecule has 2 saturated heterocycles. The Balaban J connectivity index is 1.02. The van der Waals surface area contributed by atoms with E-state index in [2.05, 4.69) is 14.6 Å². The van der Waals surface area contributed by atoms with Gasteiger partial charge in [-0.05, 0) is 93.3 Å². The zero-order valence-electron chi connectivity index (χ0n) is 24.2. The maximum absolute atomic E-state index is 15.8. The van der Waals surface area contributed by atoms with Gasteiger partial charge in [0.15, 0.2) is 0 Å². The van der Waals surface area contributed by atoms with Crippen molar-refractivity contribution in [2.45, 2.75) is 74.3 Å². The van der Waals surface area contributed by atoms with Crippen LogP contribution in [0.5, 0.6) is 0 Å². The number of halogens is 3. The standard InChI is InChI=1S/C31H39ClF2N6O2S/c32-27-18-22(31(33,34)21-3-5-24(6-4-21)36-30(42)20-16-23(35)17-20)19-28(37-27)38-12-14-39(15-13-38)43-26-9-7-25(8-10-26)40-11-1-2-29(40)41/h7-10,18-21,23-24H,1-6,11-17,35H2,(H,36,42). The molecule has 12 heteroatoms. The third-order valence-electron chi connectivity index (χ3n) is 9.32. The Morgan fingerprint density at radius 3 is 2.35 bits per heavy atom. The van der Waals surface area contributed by atoms with Crippen LogP contribution in [-0.4, -0.2) is 65.9 Å². The van der Waals surface area contributed by atoms with E-state index in [9.17, 15) is 9.59 Å². The summed E-state index contributed by atoms with van der Waals surface area (Å²) >= 11 is 7.95. The summed E-state index contributed by atoms with van der Waals surface area (Å²) in [7, 11) is 0. The second kappa shape index (κ2) is 12.9. The van der Waals surface area contributed by atoms with E-state index in [4.69, 9.17) is 17.3 Å². The fourth-order valence-electron chi connectivity index (χ4n) is 6.63. The van der Waals surface area contributed by atoms with Crippen LogP contribution in [0.15, 0.2) is 41.3 Å². The molecule has 2 aliphatic heterocycles. The smallest absolute Gasteiger partial charge is 0.276 e. The lowest BCUT2D eigenvalue weighted by Crippen LogP contribution is -2.48. The number of aromatic nitrogens is 1. The van der Waals surface area contributed by atoms with Gasteiger partial charge in [-0.25, -0.2) is 18.1 Å². The quantitative estimate of drug-likeness (QED) is 0.305. The molecule has 0 atom stereocenters. The van der Waals surface area contributed by atoms with Crippen molar-refractivity contribution in [2.24, 2.45) is 17.6 Å². The Kier molecular flexibility index (Phi) is 9.14. The van der Waals surface area contributed by atoms with Gasteiger partial charge < -0.3 is 20.9 Å². The first-order chi connectivity index (χ1) is 20.7. The first kappa shape index (κ1) is 30.6. The predicted octanol–water partition coefficient (Wildman–Crippen LogP) is 5.20. The van der Waals surface area contributed by atoms with Crippen LogP contribution in [0, 0.1) is 11.8 Å². The average Bonchev–Trinajstić information content (AvgIpc) is 3.42. The van der Waals surface area contributed by atoms with Crippen molar-refractivity contribution in [3.05, 3.63) is 47.1 Å². The van der Waals surface area contributed by atoms with Gasteiger partial charge in [0.1, 0.15) is 11.0 Å². The summed E-state index contributed by atoms with van der Waals surface area (Å²) in [6.45, 7) is 3.53. The third-order valence-corrected chi connectivity index (χ3v) is 10.6. The first-order valence-electron chi connectivity index (χ1n) is 15.4. The lowest BCUT2D eigenvalue weighted by Gasteiger charge is -2.37. The number of hydrogen-bond acceptors (Lipinski definition) is 7. The maximum Gasteiger partial charge on any atom is 0.276 e. The number of alkyl halides is 2. The second-order valence-corrected chi connectivity index (χ2v) is 13.9. The Hall–Kier alpha value is -2.47. The average molecular weight is 633 g/mol. The number of nitrogens with zero attached hydrogens (tertiary/aromatic N) is 4. The molecule has 3 N–H and O–H groups in total. The van der Waals surface area contributed by atoms with E-state index in [1.807, 2.05) is 34.1 Å². The molecule has 3 heterocycles. The van der Waals surface area contributed by atoms with Crippen LogP contribution in [0.2, 0.25) is 5.15 Å². The normalized spacial score (nSPS) is 26.8. The van der Waals surface area contributed by atoms with Crippen LogP contribution >= 0.6 is 23.5 Å². The lowest BCUT2D eigenvalue weighted by atomic mass is 9.78. The molecule has 2 saturated carbocycles. The Morgan fingerprint density at radius 1 is 1.02 bits per heavy atom. The number of hydrogen-bond donors (Lipinski definition) is 2. The van der Waals surface area contributed by atoms with Gasteiger partial charge >= 0.3 is 0 Å². The van der Waals surface area contributed by atoms with Gasteiger partial charge in [0.2, 0.25) is 11.8 Å². The first-order valence-corrected chi connectivity index (χ1v) is 16.5. The molecule has 1 aromatic heterocycles. The van der Waals surface area contributed by atoms with Crippen molar-refractivity contribution in [1.29, 1.82) is 0 Å². The molecule has 0 spiro atoms. The number of carbonyl (C=O) groups is 2. The minimum Gasteiger partial charge on any atom is -0.354 e. The summed E-state index contributed by atoms with van der Waals surface area (Å²) in [5, 5.41) is 3.12. The molecular weight excluding hydrogens is 594 g/mol. The van der Waals surface area contributed by atoms with E-state index >= 15 is 8.78 Å². The van der Waals surface area contributed by atoms with Crippen molar-refractivity contribution in [3.63, 3.8) is 0 Å². The second-order valence-electron chi connectivity index (χ2n) is 12.3. The van der Waals surface area contributed by atoms with Crippen LogP contribution in [0.1, 0.15) is 56.9 Å². The van der Waals surface area contributed by atoms with Crippen molar-refractivity contribution in [2.75, 3.05) is 42.5 Å². The number of anilines is 2. The minimum absolute atomic E-state index is 0.00841. The monoisotopic (exact) mass is 632 g/mol. The van der Waals surface area contributed by atoms with E-state index in [-0.39, 0.29) is 40.5 Å². The number of carbonyl (C=O) groups excluding carboxylic acids is 2.